The van der Waals surface area contributed by atoms with E-state index in [-0.39, 0.29) is 0 Å². The lowest BCUT2D eigenvalue weighted by atomic mass is 10.2. The number of nitrogen functional groups attached to an aromatic ring is 1. The first-order valence-electron chi connectivity index (χ1n) is 5.27. The average molecular weight is 229 g/mol. The summed E-state index contributed by atoms with van der Waals surface area (Å²) in [6.07, 6.45) is 0. The molecule has 2 N–H and O–H groups in total. The number of anilines is 1. The summed E-state index contributed by atoms with van der Waals surface area (Å²) in [6.45, 7) is 4.27. The molecule has 0 radical (unpaired) electrons. The van der Waals surface area contributed by atoms with E-state index in [0.717, 1.165) is 10.6 Å². The molecule has 0 aliphatic rings. The second-order valence-corrected chi connectivity index (χ2v) is 4.91. The lowest BCUT2D eigenvalue weighted by molar-refractivity contribution is 1.21. The monoisotopic (exact) mass is 229 g/mol. The van der Waals surface area contributed by atoms with Gasteiger partial charge in [0.2, 0.25) is 0 Å². The van der Waals surface area contributed by atoms with Crippen molar-refractivity contribution < 1.29 is 0 Å². The van der Waals surface area contributed by atoms with Crippen molar-refractivity contribution in [3.8, 4) is 0 Å². The van der Waals surface area contributed by atoms with Crippen LogP contribution in [-0.2, 0) is 0 Å². The minimum Gasteiger partial charge on any atom is -0.398 e. The molecular formula is C14H15NS. The fourth-order valence-corrected chi connectivity index (χ4v) is 2.65. The van der Waals surface area contributed by atoms with Gasteiger partial charge in [-0.05, 0) is 37.1 Å². The number of hydrogen-bond acceptors (Lipinski definition) is 2. The molecule has 0 amide bonds. The highest BCUT2D eigenvalue weighted by Gasteiger charge is 2.06. The van der Waals surface area contributed by atoms with Gasteiger partial charge in [-0.15, -0.1) is 0 Å². The van der Waals surface area contributed by atoms with Crippen LogP contribution in [-0.4, -0.2) is 0 Å². The van der Waals surface area contributed by atoms with E-state index >= 15 is 0 Å². The Morgan fingerprint density at radius 2 is 1.50 bits per heavy atom. The molecule has 0 saturated heterocycles. The highest BCUT2D eigenvalue weighted by molar-refractivity contribution is 7.99. The normalized spacial score (nSPS) is 10.4. The summed E-state index contributed by atoms with van der Waals surface area (Å²) in [7, 11) is 0. The van der Waals surface area contributed by atoms with E-state index in [0.29, 0.717) is 0 Å². The Balaban J connectivity index is 2.38. The van der Waals surface area contributed by atoms with Gasteiger partial charge >= 0.3 is 0 Å². The zero-order valence-corrected chi connectivity index (χ0v) is 10.3. The molecule has 0 bridgehead atoms. The van der Waals surface area contributed by atoms with Crippen LogP contribution in [0.25, 0.3) is 0 Å². The molecule has 0 spiro atoms. The second kappa shape index (κ2) is 4.62. The highest BCUT2D eigenvalue weighted by Crippen LogP contribution is 2.35. The summed E-state index contributed by atoms with van der Waals surface area (Å²) in [5.74, 6) is 0. The average Bonchev–Trinajstić information content (AvgIpc) is 2.26. The maximum absolute atomic E-state index is 5.95. The molecule has 2 aromatic rings. The minimum atomic E-state index is 0.843. The van der Waals surface area contributed by atoms with E-state index < -0.39 is 0 Å². The summed E-state index contributed by atoms with van der Waals surface area (Å²) in [5.41, 5.74) is 9.39. The summed E-state index contributed by atoms with van der Waals surface area (Å²) in [6, 6.07) is 14.3. The minimum absolute atomic E-state index is 0.843. The summed E-state index contributed by atoms with van der Waals surface area (Å²) >= 11 is 1.74. The molecule has 0 heterocycles. The van der Waals surface area contributed by atoms with Gasteiger partial charge in [0.05, 0.1) is 0 Å². The van der Waals surface area contributed by atoms with E-state index in [1.165, 1.54) is 16.0 Å². The lowest BCUT2D eigenvalue weighted by Gasteiger charge is -2.10. The summed E-state index contributed by atoms with van der Waals surface area (Å²) in [5, 5.41) is 0. The van der Waals surface area contributed by atoms with Crippen molar-refractivity contribution in [3.63, 3.8) is 0 Å². The van der Waals surface area contributed by atoms with Crippen molar-refractivity contribution in [2.45, 2.75) is 23.6 Å². The third-order valence-corrected chi connectivity index (χ3v) is 3.98. The van der Waals surface area contributed by atoms with E-state index in [2.05, 4.69) is 38.1 Å². The van der Waals surface area contributed by atoms with Crippen molar-refractivity contribution in [3.05, 3.63) is 53.6 Å². The molecule has 0 aliphatic carbocycles. The van der Waals surface area contributed by atoms with Crippen molar-refractivity contribution in [1.82, 2.24) is 0 Å². The first kappa shape index (κ1) is 11.1. The Kier molecular flexibility index (Phi) is 3.20. The SMILES string of the molecule is Cc1cccc(C)c1Sc1ccccc1N. The van der Waals surface area contributed by atoms with E-state index in [4.69, 9.17) is 5.73 Å². The summed E-state index contributed by atoms with van der Waals surface area (Å²) in [4.78, 5) is 2.43. The Labute approximate surface area is 101 Å². The third kappa shape index (κ3) is 2.22. The molecule has 1 nitrogen and oxygen atoms in total. The zero-order valence-electron chi connectivity index (χ0n) is 9.53. The number of para-hydroxylation sites is 1. The van der Waals surface area contributed by atoms with Gasteiger partial charge in [-0.1, -0.05) is 42.1 Å². The quantitative estimate of drug-likeness (QED) is 0.787. The fourth-order valence-electron chi connectivity index (χ4n) is 1.64. The predicted octanol–water partition coefficient (Wildman–Crippen LogP) is 4.04. The molecule has 2 heteroatoms. The number of rotatable bonds is 2. The fraction of sp³-hybridized carbons (Fsp3) is 0.143. The van der Waals surface area contributed by atoms with Gasteiger partial charge in [-0.2, -0.15) is 0 Å². The van der Waals surface area contributed by atoms with Crippen LogP contribution >= 0.6 is 11.8 Å². The molecule has 2 rings (SSSR count). The lowest BCUT2D eigenvalue weighted by Crippen LogP contribution is -1.89. The molecule has 82 valence electrons. The Hall–Kier alpha value is -1.41. The van der Waals surface area contributed by atoms with Crippen LogP contribution in [0, 0.1) is 13.8 Å². The van der Waals surface area contributed by atoms with Gasteiger partial charge in [0.15, 0.2) is 0 Å². The third-order valence-electron chi connectivity index (χ3n) is 2.54. The van der Waals surface area contributed by atoms with Crippen molar-refractivity contribution in [2.75, 3.05) is 5.73 Å². The smallest absolute Gasteiger partial charge is 0.0455 e. The number of aryl methyl sites for hydroxylation is 2. The Morgan fingerprint density at radius 3 is 2.12 bits per heavy atom. The number of benzene rings is 2. The second-order valence-electron chi connectivity index (χ2n) is 3.86. The Morgan fingerprint density at radius 1 is 0.875 bits per heavy atom. The van der Waals surface area contributed by atoms with Crippen LogP contribution in [0.3, 0.4) is 0 Å². The van der Waals surface area contributed by atoms with Crippen LogP contribution in [0.4, 0.5) is 5.69 Å². The van der Waals surface area contributed by atoms with Gasteiger partial charge in [-0.3, -0.25) is 0 Å². The molecule has 0 atom stereocenters. The predicted molar refractivity (Wildman–Crippen MR) is 70.9 cm³/mol. The van der Waals surface area contributed by atoms with Crippen LogP contribution in [0.2, 0.25) is 0 Å². The van der Waals surface area contributed by atoms with Gasteiger partial charge < -0.3 is 5.73 Å². The molecular weight excluding hydrogens is 214 g/mol. The molecule has 16 heavy (non-hydrogen) atoms. The van der Waals surface area contributed by atoms with E-state index in [1.807, 2.05) is 18.2 Å². The van der Waals surface area contributed by atoms with Gasteiger partial charge in [0.25, 0.3) is 0 Å². The maximum Gasteiger partial charge on any atom is 0.0455 e. The number of nitrogens with two attached hydrogens (primary N) is 1. The van der Waals surface area contributed by atoms with Crippen molar-refractivity contribution in [2.24, 2.45) is 0 Å². The zero-order chi connectivity index (χ0) is 11.5. The van der Waals surface area contributed by atoms with Crippen LogP contribution < -0.4 is 5.73 Å². The number of hydrogen-bond donors (Lipinski definition) is 1. The standard InChI is InChI=1S/C14H15NS/c1-10-6-5-7-11(2)14(10)16-13-9-4-3-8-12(13)15/h3-9H,15H2,1-2H3. The first-order valence-corrected chi connectivity index (χ1v) is 6.08. The maximum atomic E-state index is 5.95. The molecule has 0 saturated carbocycles. The molecule has 2 aromatic carbocycles. The van der Waals surface area contributed by atoms with Crippen molar-refractivity contribution in [1.29, 1.82) is 0 Å². The van der Waals surface area contributed by atoms with E-state index in [9.17, 15) is 0 Å². The molecule has 0 aromatic heterocycles. The molecule has 0 aliphatic heterocycles. The van der Waals surface area contributed by atoms with Gasteiger partial charge in [-0.25, -0.2) is 0 Å². The van der Waals surface area contributed by atoms with E-state index in [1.54, 1.807) is 11.8 Å². The summed E-state index contributed by atoms with van der Waals surface area (Å²) < 4.78 is 0. The first-order chi connectivity index (χ1) is 7.68. The highest BCUT2D eigenvalue weighted by atomic mass is 32.2. The largest absolute Gasteiger partial charge is 0.398 e. The van der Waals surface area contributed by atoms with Crippen LogP contribution in [0.1, 0.15) is 11.1 Å². The van der Waals surface area contributed by atoms with Gasteiger partial charge in [0, 0.05) is 15.5 Å². The topological polar surface area (TPSA) is 26.0 Å². The van der Waals surface area contributed by atoms with Crippen LogP contribution in [0.5, 0.6) is 0 Å². The van der Waals surface area contributed by atoms with Crippen molar-refractivity contribution >= 4 is 17.4 Å². The van der Waals surface area contributed by atoms with Crippen LogP contribution in [0.15, 0.2) is 52.3 Å². The Bertz CT molecular complexity index is 486. The van der Waals surface area contributed by atoms with Gasteiger partial charge in [0.1, 0.15) is 0 Å². The molecule has 0 unspecified atom stereocenters. The molecule has 0 fully saturated rings.